The number of β-lactam (4-membered cyclic amide) rings is 1. The molecule has 0 aliphatic carbocycles. The van der Waals surface area contributed by atoms with Crippen molar-refractivity contribution in [2.24, 2.45) is 0 Å². The van der Waals surface area contributed by atoms with Gasteiger partial charge in [0.05, 0.1) is 10.3 Å². The standard InChI is InChI=1S/C20H17NO3S2/c22-16-11-15-12-26-20(25)17(21(15)16)19(23)24-18(13-7-3-1-4-8-13)14-9-5-2-6-10-14/h1-10,15,18,25H,11-12H2. The molecule has 2 aliphatic heterocycles. The molecule has 132 valence electrons. The lowest BCUT2D eigenvalue weighted by molar-refractivity contribution is -0.153. The van der Waals surface area contributed by atoms with E-state index in [4.69, 9.17) is 4.74 Å². The first-order valence-electron chi connectivity index (χ1n) is 8.34. The summed E-state index contributed by atoms with van der Waals surface area (Å²) in [6.45, 7) is 0. The van der Waals surface area contributed by atoms with Crippen LogP contribution in [0.1, 0.15) is 23.7 Å². The summed E-state index contributed by atoms with van der Waals surface area (Å²) < 4.78 is 6.42. The smallest absolute Gasteiger partial charge is 0.357 e. The van der Waals surface area contributed by atoms with Crippen LogP contribution in [0.4, 0.5) is 0 Å². The quantitative estimate of drug-likeness (QED) is 0.496. The van der Waals surface area contributed by atoms with E-state index in [1.807, 2.05) is 60.7 Å². The van der Waals surface area contributed by atoms with Crippen molar-refractivity contribution in [3.63, 3.8) is 0 Å². The fraction of sp³-hybridized carbons (Fsp3) is 0.200. The Balaban J connectivity index is 1.66. The predicted molar refractivity (Wildman–Crippen MR) is 105 cm³/mol. The summed E-state index contributed by atoms with van der Waals surface area (Å²) >= 11 is 5.90. The van der Waals surface area contributed by atoms with Gasteiger partial charge >= 0.3 is 5.97 Å². The molecule has 2 heterocycles. The van der Waals surface area contributed by atoms with Crippen molar-refractivity contribution in [2.75, 3.05) is 5.75 Å². The molecule has 1 fully saturated rings. The molecule has 0 aromatic heterocycles. The number of fused-ring (bicyclic) bond motifs is 1. The van der Waals surface area contributed by atoms with E-state index in [0.717, 1.165) is 16.9 Å². The van der Waals surface area contributed by atoms with Crippen LogP contribution < -0.4 is 0 Å². The minimum Gasteiger partial charge on any atom is -0.448 e. The first-order valence-corrected chi connectivity index (χ1v) is 9.77. The summed E-state index contributed by atoms with van der Waals surface area (Å²) in [6.07, 6.45) is -0.0636. The van der Waals surface area contributed by atoms with Gasteiger partial charge in [-0.05, 0) is 11.1 Å². The van der Waals surface area contributed by atoms with Crippen LogP contribution in [0.25, 0.3) is 0 Å². The highest BCUT2D eigenvalue weighted by Crippen LogP contribution is 2.41. The van der Waals surface area contributed by atoms with Crippen LogP contribution in [0.15, 0.2) is 70.6 Å². The molecule has 0 spiro atoms. The summed E-state index contributed by atoms with van der Waals surface area (Å²) in [5.41, 5.74) is 2.02. The molecule has 1 saturated heterocycles. The molecule has 0 N–H and O–H groups in total. The van der Waals surface area contributed by atoms with Crippen molar-refractivity contribution in [1.29, 1.82) is 0 Å². The van der Waals surface area contributed by atoms with E-state index < -0.39 is 12.1 Å². The highest BCUT2D eigenvalue weighted by Gasteiger charge is 2.45. The summed E-state index contributed by atoms with van der Waals surface area (Å²) in [6, 6.07) is 19.2. The Labute approximate surface area is 161 Å². The van der Waals surface area contributed by atoms with Crippen molar-refractivity contribution >= 4 is 36.3 Å². The minimum absolute atomic E-state index is 0.0511. The molecule has 0 saturated carbocycles. The average molecular weight is 383 g/mol. The van der Waals surface area contributed by atoms with E-state index in [1.165, 1.54) is 16.7 Å². The van der Waals surface area contributed by atoms with Gasteiger partial charge in [0.1, 0.15) is 0 Å². The molecule has 0 radical (unpaired) electrons. The van der Waals surface area contributed by atoms with E-state index in [-0.39, 0.29) is 17.6 Å². The van der Waals surface area contributed by atoms with Crippen molar-refractivity contribution in [3.05, 3.63) is 81.7 Å². The molecule has 1 unspecified atom stereocenters. The van der Waals surface area contributed by atoms with Crippen LogP contribution in [0.3, 0.4) is 0 Å². The van der Waals surface area contributed by atoms with Gasteiger partial charge < -0.3 is 9.64 Å². The topological polar surface area (TPSA) is 46.6 Å². The first-order chi connectivity index (χ1) is 12.6. The number of thioether (sulfide) groups is 1. The Morgan fingerprint density at radius 3 is 2.19 bits per heavy atom. The van der Waals surface area contributed by atoms with Crippen LogP contribution in [0.2, 0.25) is 0 Å². The third-order valence-electron chi connectivity index (χ3n) is 4.52. The number of amides is 1. The number of carbonyl (C=O) groups is 2. The lowest BCUT2D eigenvalue weighted by atomic mass is 10.0. The highest BCUT2D eigenvalue weighted by molar-refractivity contribution is 8.15. The Kier molecular flexibility index (Phi) is 4.78. The monoisotopic (exact) mass is 383 g/mol. The molecule has 0 bridgehead atoms. The number of esters is 1. The third-order valence-corrected chi connectivity index (χ3v) is 6.14. The fourth-order valence-electron chi connectivity index (χ4n) is 3.20. The molecule has 2 aromatic carbocycles. The van der Waals surface area contributed by atoms with Gasteiger partial charge in [-0.15, -0.1) is 24.4 Å². The number of hydrogen-bond donors (Lipinski definition) is 1. The summed E-state index contributed by atoms with van der Waals surface area (Å²) in [5, 5.41) is 0. The Hall–Kier alpha value is -2.18. The summed E-state index contributed by atoms with van der Waals surface area (Å²) in [4.78, 5) is 26.5. The molecular weight excluding hydrogens is 366 g/mol. The van der Waals surface area contributed by atoms with Gasteiger partial charge in [-0.1, -0.05) is 60.7 Å². The maximum Gasteiger partial charge on any atom is 0.357 e. The average Bonchev–Trinajstić information content (AvgIpc) is 2.67. The maximum atomic E-state index is 13.0. The molecule has 6 heteroatoms. The first kappa shape index (κ1) is 17.2. The number of hydrogen-bond acceptors (Lipinski definition) is 5. The second kappa shape index (κ2) is 7.21. The van der Waals surface area contributed by atoms with Crippen molar-refractivity contribution in [3.8, 4) is 0 Å². The van der Waals surface area contributed by atoms with E-state index in [2.05, 4.69) is 12.6 Å². The molecule has 1 amide bonds. The Morgan fingerprint density at radius 2 is 1.65 bits per heavy atom. The highest BCUT2D eigenvalue weighted by atomic mass is 32.2. The SMILES string of the molecule is O=C(OC(c1ccccc1)c1ccccc1)C1=C(S)SCC2CC(=O)N12. The zero-order valence-electron chi connectivity index (χ0n) is 13.9. The van der Waals surface area contributed by atoms with Gasteiger partial charge in [0.25, 0.3) is 0 Å². The molecule has 4 nitrogen and oxygen atoms in total. The van der Waals surface area contributed by atoms with Crippen molar-refractivity contribution < 1.29 is 14.3 Å². The zero-order valence-corrected chi connectivity index (χ0v) is 15.6. The molecule has 2 aromatic rings. The van der Waals surface area contributed by atoms with E-state index in [1.54, 1.807) is 0 Å². The van der Waals surface area contributed by atoms with Crippen LogP contribution >= 0.6 is 24.4 Å². The third kappa shape index (κ3) is 3.15. The van der Waals surface area contributed by atoms with E-state index in [0.29, 0.717) is 10.7 Å². The zero-order chi connectivity index (χ0) is 18.1. The molecule has 2 aliphatic rings. The predicted octanol–water partition coefficient (Wildman–Crippen LogP) is 3.77. The van der Waals surface area contributed by atoms with Crippen molar-refractivity contribution in [1.82, 2.24) is 4.90 Å². The van der Waals surface area contributed by atoms with E-state index in [9.17, 15) is 9.59 Å². The van der Waals surface area contributed by atoms with Crippen LogP contribution in [-0.2, 0) is 14.3 Å². The van der Waals surface area contributed by atoms with Crippen LogP contribution in [0.5, 0.6) is 0 Å². The number of carbonyl (C=O) groups excluding carboxylic acids is 2. The second-order valence-corrected chi connectivity index (χ2v) is 7.97. The number of rotatable bonds is 4. The summed E-state index contributed by atoms with van der Waals surface area (Å²) in [5.74, 6) is 0.199. The van der Waals surface area contributed by atoms with E-state index >= 15 is 0 Å². The lowest BCUT2D eigenvalue weighted by Crippen LogP contribution is -2.56. The number of thiol groups is 1. The van der Waals surface area contributed by atoms with Gasteiger partial charge in [0, 0.05) is 12.2 Å². The second-order valence-electron chi connectivity index (χ2n) is 6.19. The summed E-state index contributed by atoms with van der Waals surface area (Å²) in [7, 11) is 0. The number of ether oxygens (including phenoxy) is 1. The van der Waals surface area contributed by atoms with Crippen LogP contribution in [-0.4, -0.2) is 28.6 Å². The Bertz CT molecular complexity index is 828. The largest absolute Gasteiger partial charge is 0.448 e. The lowest BCUT2D eigenvalue weighted by Gasteiger charge is -2.44. The van der Waals surface area contributed by atoms with Gasteiger partial charge in [0.2, 0.25) is 5.91 Å². The van der Waals surface area contributed by atoms with Gasteiger partial charge in [-0.2, -0.15) is 0 Å². The molecule has 4 rings (SSSR count). The van der Waals surface area contributed by atoms with Gasteiger partial charge in [-0.25, -0.2) is 4.79 Å². The number of benzene rings is 2. The fourth-order valence-corrected chi connectivity index (χ4v) is 4.56. The van der Waals surface area contributed by atoms with Gasteiger partial charge in [-0.3, -0.25) is 4.79 Å². The maximum absolute atomic E-state index is 13.0. The van der Waals surface area contributed by atoms with Crippen molar-refractivity contribution in [2.45, 2.75) is 18.6 Å². The Morgan fingerprint density at radius 1 is 1.08 bits per heavy atom. The molecular formula is C20H17NO3S2. The molecule has 1 atom stereocenters. The normalized spacial score (nSPS) is 19.2. The minimum atomic E-state index is -0.541. The van der Waals surface area contributed by atoms with Gasteiger partial charge in [0.15, 0.2) is 11.8 Å². The number of nitrogens with zero attached hydrogens (tertiary/aromatic N) is 1. The van der Waals surface area contributed by atoms with Crippen LogP contribution in [0, 0.1) is 0 Å². The molecule has 26 heavy (non-hydrogen) atoms.